The van der Waals surface area contributed by atoms with E-state index in [1.807, 2.05) is 44.2 Å². The number of fused-ring (bicyclic) bond motifs is 1. The highest BCUT2D eigenvalue weighted by Gasteiger charge is 2.31. The molecule has 3 heterocycles. The molecule has 2 aromatic heterocycles. The van der Waals surface area contributed by atoms with Gasteiger partial charge in [-0.3, -0.25) is 19.7 Å². The second-order valence-electron chi connectivity index (χ2n) is 7.22. The summed E-state index contributed by atoms with van der Waals surface area (Å²) in [5.74, 6) is -0.459. The maximum Gasteiger partial charge on any atom is 0.275 e. The number of amides is 2. The monoisotopic (exact) mass is 393 g/mol. The van der Waals surface area contributed by atoms with Crippen LogP contribution in [0.4, 0.5) is 0 Å². The fourth-order valence-electron chi connectivity index (χ4n) is 3.42. The zero-order chi connectivity index (χ0) is 20.4. The molecule has 2 amide bonds. The summed E-state index contributed by atoms with van der Waals surface area (Å²) in [5.41, 5.74) is 4.05. The van der Waals surface area contributed by atoms with Gasteiger partial charge in [0.15, 0.2) is 11.8 Å². The lowest BCUT2D eigenvalue weighted by atomic mass is 10.1. The molecule has 4 rings (SSSR count). The van der Waals surface area contributed by atoms with Gasteiger partial charge in [0.25, 0.3) is 11.8 Å². The molecule has 0 radical (unpaired) electrons. The van der Waals surface area contributed by atoms with Crippen LogP contribution in [0.15, 0.2) is 36.5 Å². The van der Waals surface area contributed by atoms with Gasteiger partial charge in [0, 0.05) is 18.1 Å². The average Bonchev–Trinajstić information content (AvgIpc) is 3.15. The van der Waals surface area contributed by atoms with Crippen LogP contribution >= 0.6 is 0 Å². The number of nitrogens with one attached hydrogen (secondary N) is 2. The van der Waals surface area contributed by atoms with Gasteiger partial charge >= 0.3 is 0 Å². The van der Waals surface area contributed by atoms with Gasteiger partial charge in [0.2, 0.25) is 0 Å². The number of aromatic nitrogens is 3. The van der Waals surface area contributed by atoms with E-state index in [4.69, 9.17) is 4.74 Å². The Labute approximate surface area is 168 Å². The Bertz CT molecular complexity index is 1060. The topological polar surface area (TPSA) is 100 Å². The summed E-state index contributed by atoms with van der Waals surface area (Å²) in [7, 11) is 0. The van der Waals surface area contributed by atoms with Crippen molar-refractivity contribution in [1.29, 1.82) is 0 Å². The molecular weight excluding hydrogens is 370 g/mol. The summed E-state index contributed by atoms with van der Waals surface area (Å²) in [4.78, 5) is 31.5. The smallest absolute Gasteiger partial charge is 0.275 e. The number of aryl methyl sites for hydroxylation is 2. The second kappa shape index (κ2) is 8.00. The first-order chi connectivity index (χ1) is 14.0. The number of nitrogens with zero attached hydrogens (tertiary/aromatic N) is 3. The maximum atomic E-state index is 13.0. The summed E-state index contributed by atoms with van der Waals surface area (Å²) in [6.45, 7) is 5.14. The third-order valence-corrected chi connectivity index (χ3v) is 5.11. The predicted molar refractivity (Wildman–Crippen MR) is 107 cm³/mol. The second-order valence-corrected chi connectivity index (χ2v) is 7.22. The summed E-state index contributed by atoms with van der Waals surface area (Å²) >= 11 is 0. The molecule has 0 saturated carbocycles. The Kier molecular flexibility index (Phi) is 5.26. The number of rotatable bonds is 4. The van der Waals surface area contributed by atoms with Gasteiger partial charge in [0.1, 0.15) is 0 Å². The number of carbonyl (C=O) groups excluding carboxylic acids is 2. The van der Waals surface area contributed by atoms with Crippen LogP contribution in [0.5, 0.6) is 0 Å². The van der Waals surface area contributed by atoms with Crippen molar-refractivity contribution in [3.8, 4) is 0 Å². The van der Waals surface area contributed by atoms with Crippen molar-refractivity contribution in [3.63, 3.8) is 0 Å². The van der Waals surface area contributed by atoms with E-state index in [9.17, 15) is 9.59 Å². The summed E-state index contributed by atoms with van der Waals surface area (Å²) < 4.78 is 5.61. The molecule has 0 aliphatic carbocycles. The molecule has 1 aromatic carbocycles. The first-order valence-electron chi connectivity index (χ1n) is 9.57. The van der Waals surface area contributed by atoms with Crippen LogP contribution < -0.4 is 5.32 Å². The largest absolute Gasteiger partial charge is 0.365 e. The van der Waals surface area contributed by atoms with Crippen LogP contribution in [-0.4, -0.2) is 57.7 Å². The Balaban J connectivity index is 1.43. The van der Waals surface area contributed by atoms with Crippen LogP contribution in [0.3, 0.4) is 0 Å². The van der Waals surface area contributed by atoms with Gasteiger partial charge in [0.05, 0.1) is 30.9 Å². The number of aromatic amines is 1. The van der Waals surface area contributed by atoms with Crippen molar-refractivity contribution in [1.82, 2.24) is 25.4 Å². The van der Waals surface area contributed by atoms with E-state index in [1.54, 1.807) is 11.1 Å². The highest BCUT2D eigenvalue weighted by molar-refractivity contribution is 6.05. The molecule has 2 N–H and O–H groups in total. The molecule has 1 fully saturated rings. The number of hydrogen-bond acceptors (Lipinski definition) is 5. The zero-order valence-corrected chi connectivity index (χ0v) is 16.4. The van der Waals surface area contributed by atoms with Crippen molar-refractivity contribution in [2.45, 2.75) is 26.5 Å². The number of pyridine rings is 1. The number of benzene rings is 1. The van der Waals surface area contributed by atoms with Gasteiger partial charge in [-0.05, 0) is 37.6 Å². The summed E-state index contributed by atoms with van der Waals surface area (Å²) in [5, 5.41) is 10.7. The lowest BCUT2D eigenvalue weighted by Gasteiger charge is -2.31. The van der Waals surface area contributed by atoms with Crippen molar-refractivity contribution >= 4 is 22.7 Å². The van der Waals surface area contributed by atoms with E-state index in [1.165, 1.54) is 0 Å². The van der Waals surface area contributed by atoms with E-state index in [0.29, 0.717) is 25.4 Å². The quantitative estimate of drug-likeness (QED) is 0.703. The molecule has 8 heteroatoms. The minimum Gasteiger partial charge on any atom is -0.365 e. The van der Waals surface area contributed by atoms with Crippen molar-refractivity contribution < 1.29 is 14.3 Å². The lowest BCUT2D eigenvalue weighted by Crippen LogP contribution is -2.51. The molecule has 1 saturated heterocycles. The molecule has 1 atom stereocenters. The molecule has 1 unspecified atom stereocenters. The minimum atomic E-state index is -0.719. The van der Waals surface area contributed by atoms with Gasteiger partial charge in [-0.15, -0.1) is 0 Å². The van der Waals surface area contributed by atoms with E-state index in [2.05, 4.69) is 20.5 Å². The van der Waals surface area contributed by atoms with Crippen molar-refractivity contribution in [2.75, 3.05) is 19.7 Å². The number of H-pyrrole nitrogens is 1. The average molecular weight is 393 g/mol. The number of ether oxygens (including phenoxy) is 1. The van der Waals surface area contributed by atoms with Gasteiger partial charge < -0.3 is 15.0 Å². The standard InChI is InChI=1S/C21H23N5O3/c1-13-5-6-16-15(10-13)19(25-24-16)21(28)26-8-9-29-18(12-26)20(27)23-11-17-14(2)4-3-7-22-17/h3-7,10,18H,8-9,11-12H2,1-2H3,(H,23,27)(H,24,25). The van der Waals surface area contributed by atoms with Crippen molar-refractivity contribution in [3.05, 3.63) is 59.0 Å². The molecule has 150 valence electrons. The van der Waals surface area contributed by atoms with Crippen LogP contribution in [0.1, 0.15) is 27.3 Å². The third kappa shape index (κ3) is 3.97. The molecule has 1 aliphatic heterocycles. The van der Waals surface area contributed by atoms with Crippen molar-refractivity contribution in [2.24, 2.45) is 0 Å². The molecule has 29 heavy (non-hydrogen) atoms. The van der Waals surface area contributed by atoms with Crippen LogP contribution in [0.2, 0.25) is 0 Å². The zero-order valence-electron chi connectivity index (χ0n) is 16.4. The van der Waals surface area contributed by atoms with Crippen LogP contribution in [0, 0.1) is 13.8 Å². The summed E-state index contributed by atoms with van der Waals surface area (Å²) in [6.07, 6.45) is 0.978. The van der Waals surface area contributed by atoms with Crippen LogP contribution in [0.25, 0.3) is 10.9 Å². The highest BCUT2D eigenvalue weighted by atomic mass is 16.5. The highest BCUT2D eigenvalue weighted by Crippen LogP contribution is 2.20. The molecule has 3 aromatic rings. The van der Waals surface area contributed by atoms with E-state index >= 15 is 0 Å². The maximum absolute atomic E-state index is 13.0. The Morgan fingerprint density at radius 1 is 1.31 bits per heavy atom. The van der Waals surface area contributed by atoms with Crippen LogP contribution in [-0.2, 0) is 16.1 Å². The fraction of sp³-hybridized carbons (Fsp3) is 0.333. The number of hydrogen-bond donors (Lipinski definition) is 2. The Morgan fingerprint density at radius 3 is 3.00 bits per heavy atom. The Morgan fingerprint density at radius 2 is 2.17 bits per heavy atom. The molecule has 8 nitrogen and oxygen atoms in total. The summed E-state index contributed by atoms with van der Waals surface area (Å²) in [6, 6.07) is 9.61. The van der Waals surface area contributed by atoms with Gasteiger partial charge in [-0.2, -0.15) is 5.10 Å². The molecule has 0 bridgehead atoms. The molecule has 1 aliphatic rings. The molecular formula is C21H23N5O3. The first kappa shape index (κ1) is 19.1. The third-order valence-electron chi connectivity index (χ3n) is 5.11. The Hall–Kier alpha value is -3.26. The van der Waals surface area contributed by atoms with E-state index in [-0.39, 0.29) is 18.4 Å². The number of carbonyl (C=O) groups is 2. The SMILES string of the molecule is Cc1ccc2[nH]nc(C(=O)N3CCOC(C(=O)NCc4ncccc4C)C3)c2c1. The van der Waals surface area contributed by atoms with Gasteiger partial charge in [-0.25, -0.2) is 0 Å². The number of morpholine rings is 1. The van der Waals surface area contributed by atoms with E-state index < -0.39 is 6.10 Å². The molecule has 0 spiro atoms. The normalized spacial score (nSPS) is 16.8. The fourth-order valence-corrected chi connectivity index (χ4v) is 3.42. The first-order valence-corrected chi connectivity index (χ1v) is 9.57. The minimum absolute atomic E-state index is 0.187. The lowest BCUT2D eigenvalue weighted by molar-refractivity contribution is -0.137. The van der Waals surface area contributed by atoms with Gasteiger partial charge in [-0.1, -0.05) is 17.7 Å². The predicted octanol–water partition coefficient (Wildman–Crippen LogP) is 1.73. The van der Waals surface area contributed by atoms with E-state index in [0.717, 1.165) is 27.7 Å².